The highest BCUT2D eigenvalue weighted by Gasteiger charge is 2.44. The van der Waals surface area contributed by atoms with Crippen LogP contribution in [-0.2, 0) is 23.9 Å². The number of aliphatic hydroxyl groups excluding tert-OH is 1. The largest absolute Gasteiger partial charge is 0.460 e. The summed E-state index contributed by atoms with van der Waals surface area (Å²) in [7, 11) is 0. The minimum Gasteiger partial charge on any atom is -0.460 e. The van der Waals surface area contributed by atoms with Gasteiger partial charge in [0.05, 0.1) is 0 Å². The van der Waals surface area contributed by atoms with E-state index in [4.69, 9.17) is 14.3 Å². The second kappa shape index (κ2) is 9.90. The van der Waals surface area contributed by atoms with E-state index in [-0.39, 0.29) is 17.7 Å². The maximum Gasteiger partial charge on any atom is 0.347 e. The van der Waals surface area contributed by atoms with E-state index in [1.807, 2.05) is 35.4 Å². The number of aliphatic hydroxyl groups is 1. The zero-order valence-corrected chi connectivity index (χ0v) is 18.9. The Morgan fingerprint density at radius 1 is 1.03 bits per heavy atom. The van der Waals surface area contributed by atoms with Crippen molar-refractivity contribution in [1.82, 2.24) is 5.06 Å². The Balaban J connectivity index is 2.13. The van der Waals surface area contributed by atoms with E-state index in [1.54, 1.807) is 0 Å². The highest BCUT2D eigenvalue weighted by Crippen LogP contribution is 2.40. The molecule has 0 saturated carbocycles. The third-order valence-electron chi connectivity index (χ3n) is 5.42. The zero-order valence-electron chi connectivity index (χ0n) is 18.9. The Hall–Kier alpha value is -1.96. The van der Waals surface area contributed by atoms with Gasteiger partial charge >= 0.3 is 11.9 Å². The lowest BCUT2D eigenvalue weighted by atomic mass is 9.82. The lowest BCUT2D eigenvalue weighted by molar-refractivity contribution is -0.312. The highest BCUT2D eigenvalue weighted by molar-refractivity contribution is 5.80. The topological polar surface area (TPSA) is 85.3 Å². The van der Waals surface area contributed by atoms with Gasteiger partial charge in [-0.25, -0.2) is 9.59 Å². The van der Waals surface area contributed by atoms with E-state index in [9.17, 15) is 14.7 Å². The first-order chi connectivity index (χ1) is 13.9. The summed E-state index contributed by atoms with van der Waals surface area (Å²) in [5.41, 5.74) is 0.550. The number of carbonyl (C=O) groups is 2. The van der Waals surface area contributed by atoms with Crippen molar-refractivity contribution in [3.05, 3.63) is 35.9 Å². The number of hydrogen-bond donors (Lipinski definition) is 1. The van der Waals surface area contributed by atoms with Gasteiger partial charge in [0.25, 0.3) is 0 Å². The molecular formula is C23H35NO6. The Morgan fingerprint density at radius 2 is 1.60 bits per heavy atom. The Labute approximate surface area is 179 Å². The SMILES string of the molecule is CC(OC(=O)[C@H](C)O)C(=O)OCC(ON1C(C)(C)CCCC1(C)C)c1ccccc1. The number of benzene rings is 1. The van der Waals surface area contributed by atoms with Crippen molar-refractivity contribution in [2.45, 2.75) is 90.2 Å². The van der Waals surface area contributed by atoms with Crippen molar-refractivity contribution in [1.29, 1.82) is 0 Å². The molecule has 0 aromatic heterocycles. The molecule has 0 bridgehead atoms. The number of piperidine rings is 1. The van der Waals surface area contributed by atoms with Crippen molar-refractivity contribution >= 4 is 11.9 Å². The van der Waals surface area contributed by atoms with Crippen LogP contribution in [0.25, 0.3) is 0 Å². The van der Waals surface area contributed by atoms with Crippen LogP contribution in [0, 0.1) is 0 Å². The van der Waals surface area contributed by atoms with Gasteiger partial charge in [-0.1, -0.05) is 30.3 Å². The zero-order chi connectivity index (χ0) is 22.5. The van der Waals surface area contributed by atoms with E-state index in [0.29, 0.717) is 0 Å². The second-order valence-electron chi connectivity index (χ2n) is 9.16. The molecule has 30 heavy (non-hydrogen) atoms. The molecule has 2 rings (SSSR count). The summed E-state index contributed by atoms with van der Waals surface area (Å²) >= 11 is 0. The molecule has 2 unspecified atom stereocenters. The molecule has 1 aromatic rings. The van der Waals surface area contributed by atoms with Crippen LogP contribution in [0.2, 0.25) is 0 Å². The van der Waals surface area contributed by atoms with Crippen LogP contribution in [0.5, 0.6) is 0 Å². The summed E-state index contributed by atoms with van der Waals surface area (Å²) in [6, 6.07) is 9.59. The molecule has 168 valence electrons. The first-order valence-corrected chi connectivity index (χ1v) is 10.5. The molecule has 1 heterocycles. The van der Waals surface area contributed by atoms with E-state index in [1.165, 1.54) is 13.8 Å². The van der Waals surface area contributed by atoms with Gasteiger partial charge < -0.3 is 14.6 Å². The summed E-state index contributed by atoms with van der Waals surface area (Å²) < 4.78 is 10.3. The number of nitrogens with zero attached hydrogens (tertiary/aromatic N) is 1. The molecule has 0 radical (unpaired) electrons. The number of hydrogen-bond acceptors (Lipinski definition) is 7. The van der Waals surface area contributed by atoms with E-state index in [0.717, 1.165) is 24.8 Å². The predicted molar refractivity (Wildman–Crippen MR) is 112 cm³/mol. The molecule has 1 N–H and O–H groups in total. The van der Waals surface area contributed by atoms with E-state index < -0.39 is 30.3 Å². The molecule has 1 aliphatic heterocycles. The van der Waals surface area contributed by atoms with Crippen LogP contribution in [0.1, 0.15) is 72.5 Å². The summed E-state index contributed by atoms with van der Waals surface area (Å²) in [4.78, 5) is 30.3. The van der Waals surface area contributed by atoms with Gasteiger partial charge in [0.1, 0.15) is 18.8 Å². The van der Waals surface area contributed by atoms with Crippen LogP contribution in [0.15, 0.2) is 30.3 Å². The molecule has 0 spiro atoms. The monoisotopic (exact) mass is 421 g/mol. The molecule has 3 atom stereocenters. The smallest absolute Gasteiger partial charge is 0.347 e. The molecular weight excluding hydrogens is 386 g/mol. The van der Waals surface area contributed by atoms with Crippen molar-refractivity contribution in [2.75, 3.05) is 6.61 Å². The van der Waals surface area contributed by atoms with Gasteiger partial charge in [0.2, 0.25) is 0 Å². The number of esters is 2. The molecule has 1 aromatic carbocycles. The second-order valence-corrected chi connectivity index (χ2v) is 9.16. The number of ether oxygens (including phenoxy) is 2. The summed E-state index contributed by atoms with van der Waals surface area (Å²) in [5.74, 6) is -1.56. The van der Waals surface area contributed by atoms with Crippen LogP contribution >= 0.6 is 0 Å². The number of rotatable bonds is 8. The number of carbonyl (C=O) groups excluding carboxylic acids is 2. The first kappa shape index (κ1) is 24.3. The van der Waals surface area contributed by atoms with Gasteiger partial charge in [0, 0.05) is 11.1 Å². The molecule has 0 amide bonds. The molecule has 7 heteroatoms. The summed E-state index contributed by atoms with van der Waals surface area (Å²) in [6.45, 7) is 11.3. The average Bonchev–Trinajstić information content (AvgIpc) is 2.66. The highest BCUT2D eigenvalue weighted by atomic mass is 16.7. The number of hydroxylamine groups is 2. The average molecular weight is 422 g/mol. The summed E-state index contributed by atoms with van der Waals surface area (Å²) in [6.07, 6.45) is 0.201. The fourth-order valence-corrected chi connectivity index (χ4v) is 3.84. The lowest BCUT2D eigenvalue weighted by Gasteiger charge is -2.52. The Morgan fingerprint density at radius 3 is 2.13 bits per heavy atom. The maximum absolute atomic E-state index is 12.3. The van der Waals surface area contributed by atoms with Crippen LogP contribution in [0.4, 0.5) is 0 Å². The van der Waals surface area contributed by atoms with Crippen molar-refractivity contribution in [2.24, 2.45) is 0 Å². The standard InChI is InChI=1S/C23H35NO6/c1-16(25)20(26)29-17(2)21(27)28-15-19(18-11-8-7-9-12-18)30-24-22(3,4)13-10-14-23(24,5)6/h7-9,11-12,16-17,19,25H,10,13-15H2,1-6H3/t16-,17?,19?/m0/s1. The van der Waals surface area contributed by atoms with Gasteiger partial charge in [-0.05, 0) is 66.4 Å². The van der Waals surface area contributed by atoms with Gasteiger partial charge in [-0.2, -0.15) is 5.06 Å². The van der Waals surface area contributed by atoms with Gasteiger partial charge in [0.15, 0.2) is 6.10 Å². The molecule has 0 aliphatic carbocycles. The van der Waals surface area contributed by atoms with Crippen LogP contribution in [0.3, 0.4) is 0 Å². The fourth-order valence-electron chi connectivity index (χ4n) is 3.84. The maximum atomic E-state index is 12.3. The minimum absolute atomic E-state index is 0.0257. The predicted octanol–water partition coefficient (Wildman–Crippen LogP) is 3.56. The van der Waals surface area contributed by atoms with Crippen LogP contribution < -0.4 is 0 Å². The Kier molecular flexibility index (Phi) is 8.02. The minimum atomic E-state index is -1.30. The third kappa shape index (κ3) is 6.27. The summed E-state index contributed by atoms with van der Waals surface area (Å²) in [5, 5.41) is 11.3. The van der Waals surface area contributed by atoms with E-state index >= 15 is 0 Å². The van der Waals surface area contributed by atoms with Crippen molar-refractivity contribution in [3.63, 3.8) is 0 Å². The van der Waals surface area contributed by atoms with Gasteiger partial charge in [-0.3, -0.25) is 4.84 Å². The first-order valence-electron chi connectivity index (χ1n) is 10.5. The quantitative estimate of drug-likeness (QED) is 0.643. The van der Waals surface area contributed by atoms with E-state index in [2.05, 4.69) is 27.7 Å². The van der Waals surface area contributed by atoms with Crippen LogP contribution in [-0.4, -0.2) is 52.0 Å². The van der Waals surface area contributed by atoms with Crippen molar-refractivity contribution < 1.29 is 29.0 Å². The Bertz CT molecular complexity index is 700. The molecule has 1 fully saturated rings. The fraction of sp³-hybridized carbons (Fsp3) is 0.652. The normalized spacial score (nSPS) is 21.3. The molecule has 1 saturated heterocycles. The molecule has 1 aliphatic rings. The lowest BCUT2D eigenvalue weighted by Crippen LogP contribution is -2.58. The van der Waals surface area contributed by atoms with Gasteiger partial charge in [-0.15, -0.1) is 0 Å². The molecule has 7 nitrogen and oxygen atoms in total. The third-order valence-corrected chi connectivity index (χ3v) is 5.42. The van der Waals surface area contributed by atoms with Crippen molar-refractivity contribution in [3.8, 4) is 0 Å².